The van der Waals surface area contributed by atoms with E-state index in [9.17, 15) is 9.90 Å². The number of aliphatic hydroxyl groups is 2. The molecule has 2 aromatic rings. The molecule has 1 amide bonds. The van der Waals surface area contributed by atoms with Gasteiger partial charge in [0, 0.05) is 43.0 Å². The number of anilines is 2. The van der Waals surface area contributed by atoms with Crippen LogP contribution in [0.25, 0.3) is 0 Å². The Bertz CT molecular complexity index is 1190. The lowest BCUT2D eigenvalue weighted by Gasteiger charge is -2.43. The van der Waals surface area contributed by atoms with E-state index in [0.717, 1.165) is 29.0 Å². The van der Waals surface area contributed by atoms with Gasteiger partial charge in [-0.2, -0.15) is 0 Å². The largest absolute Gasteiger partial charge is 0.494 e. The van der Waals surface area contributed by atoms with Crippen LogP contribution in [0.5, 0.6) is 11.5 Å². The van der Waals surface area contributed by atoms with E-state index in [1.54, 1.807) is 25.1 Å². The van der Waals surface area contributed by atoms with Crippen molar-refractivity contribution in [3.63, 3.8) is 0 Å². The average molecular weight is 589 g/mol. The van der Waals surface area contributed by atoms with Crippen LogP contribution in [0, 0.1) is 5.92 Å². The molecular weight excluding hydrogens is 543 g/mol. The highest BCUT2D eigenvalue weighted by molar-refractivity contribution is 6.72. The van der Waals surface area contributed by atoms with Crippen molar-refractivity contribution in [1.29, 1.82) is 0 Å². The summed E-state index contributed by atoms with van der Waals surface area (Å²) in [6.07, 6.45) is 1.52. The van der Waals surface area contributed by atoms with Crippen LogP contribution in [0.4, 0.5) is 15.5 Å². The van der Waals surface area contributed by atoms with Crippen LogP contribution in [0.15, 0.2) is 36.4 Å². The van der Waals surface area contributed by atoms with Crippen LogP contribution in [-0.4, -0.2) is 70.1 Å². The van der Waals surface area contributed by atoms with Gasteiger partial charge in [-0.1, -0.05) is 6.92 Å². The van der Waals surface area contributed by atoms with Crippen LogP contribution in [0.2, 0.25) is 18.6 Å². The number of hydrogen-bond donors (Lipinski definition) is 3. The summed E-state index contributed by atoms with van der Waals surface area (Å²) in [5, 5.41) is 22.2. The predicted octanol–water partition coefficient (Wildman–Crippen LogP) is 5.05. The number of nitrogens with one attached hydrogen (secondary N) is 1. The van der Waals surface area contributed by atoms with Crippen molar-refractivity contribution in [3.8, 4) is 11.5 Å². The standard InChI is InChI=1S/C31H45FN2O6Si/c1-6-39-23-10-11-26-21(17-23)18-25(33-14-7-8-15-35)31(37)34(26)22-9-12-27-24(19-22)29(38-3)20(2)30(40-27)28(13-16-36)41(4,5)32/h9-12,17,19-20,25,28-30,33,35-36H,6-8,13-16,18H2,1-5H3/t20-,25?,28?,29-,30-/m0/s1. The number of unbranched alkanes of at least 4 members (excludes halogenated alkanes) is 1. The Morgan fingerprint density at radius 3 is 2.61 bits per heavy atom. The second-order valence-corrected chi connectivity index (χ2v) is 15.4. The first kappa shape index (κ1) is 31.4. The molecule has 2 aliphatic rings. The highest BCUT2D eigenvalue weighted by Crippen LogP contribution is 2.49. The van der Waals surface area contributed by atoms with Crippen LogP contribution in [0.3, 0.4) is 0 Å². The lowest BCUT2D eigenvalue weighted by atomic mass is 9.86. The fourth-order valence-electron chi connectivity index (χ4n) is 6.26. The van der Waals surface area contributed by atoms with Crippen molar-refractivity contribution in [2.45, 2.75) is 76.4 Å². The van der Waals surface area contributed by atoms with E-state index in [-0.39, 0.29) is 36.7 Å². The number of methoxy groups -OCH3 is 1. The highest BCUT2D eigenvalue weighted by atomic mass is 28.4. The third kappa shape index (κ3) is 6.78. The molecule has 0 saturated carbocycles. The fraction of sp³-hybridized carbons (Fsp3) is 0.581. The third-order valence-corrected chi connectivity index (χ3v) is 10.7. The minimum absolute atomic E-state index is 0.0598. The van der Waals surface area contributed by atoms with Crippen LogP contribution in [-0.2, 0) is 16.0 Å². The Hall–Kier alpha value is -2.50. The van der Waals surface area contributed by atoms with Crippen LogP contribution >= 0.6 is 0 Å². The summed E-state index contributed by atoms with van der Waals surface area (Å²) >= 11 is 0. The number of aliphatic hydroxyl groups excluding tert-OH is 2. The molecule has 2 aromatic carbocycles. The van der Waals surface area contributed by atoms with E-state index in [1.807, 2.05) is 50.2 Å². The van der Waals surface area contributed by atoms with Gasteiger partial charge in [-0.25, -0.2) is 0 Å². The second-order valence-electron chi connectivity index (χ2n) is 11.5. The first-order valence-electron chi connectivity index (χ1n) is 14.7. The van der Waals surface area contributed by atoms with Crippen molar-refractivity contribution in [1.82, 2.24) is 5.32 Å². The Balaban J connectivity index is 1.72. The van der Waals surface area contributed by atoms with Crippen molar-refractivity contribution in [2.75, 3.05) is 38.4 Å². The molecule has 4 rings (SSSR count). The molecule has 0 aromatic heterocycles. The Labute approximate surface area is 244 Å². The quantitative estimate of drug-likeness (QED) is 0.171. The van der Waals surface area contributed by atoms with Gasteiger partial charge in [-0.3, -0.25) is 9.69 Å². The Morgan fingerprint density at radius 1 is 1.17 bits per heavy atom. The van der Waals surface area contributed by atoms with Gasteiger partial charge in [0.25, 0.3) is 0 Å². The number of rotatable bonds is 13. The average Bonchev–Trinajstić information content (AvgIpc) is 2.93. The fourth-order valence-corrected chi connectivity index (χ4v) is 8.23. The van der Waals surface area contributed by atoms with E-state index < -0.39 is 20.6 Å². The lowest BCUT2D eigenvalue weighted by molar-refractivity contribution is -0.120. The molecule has 41 heavy (non-hydrogen) atoms. The molecule has 0 bridgehead atoms. The Kier molecular flexibility index (Phi) is 10.5. The van der Waals surface area contributed by atoms with Gasteiger partial charge in [-0.15, -0.1) is 0 Å². The molecule has 226 valence electrons. The number of fused-ring (bicyclic) bond motifs is 2. The third-order valence-electron chi connectivity index (χ3n) is 8.31. The number of halogens is 1. The van der Waals surface area contributed by atoms with Gasteiger partial charge >= 0.3 is 0 Å². The van der Waals surface area contributed by atoms with Gasteiger partial charge in [-0.05, 0) is 94.2 Å². The summed E-state index contributed by atoms with van der Waals surface area (Å²) in [7, 11) is -1.51. The maximum absolute atomic E-state index is 15.4. The summed E-state index contributed by atoms with van der Waals surface area (Å²) in [6.45, 7) is 8.46. The summed E-state index contributed by atoms with van der Waals surface area (Å²) in [5.41, 5.74) is 2.93. The highest BCUT2D eigenvalue weighted by Gasteiger charge is 2.47. The second kappa shape index (κ2) is 13.6. The zero-order valence-electron chi connectivity index (χ0n) is 24.9. The SMILES string of the molecule is CCOc1ccc2c(c1)CC(NCCCCO)C(=O)N2c1ccc2c(c1)[C@@H](OC)[C@H](C)[C@@H](C(CCO)[Si](C)(C)F)O2. The van der Waals surface area contributed by atoms with E-state index >= 15 is 4.11 Å². The maximum Gasteiger partial charge on any atom is 0.249 e. The summed E-state index contributed by atoms with van der Waals surface area (Å²) < 4.78 is 33.5. The lowest BCUT2D eigenvalue weighted by Crippen LogP contribution is -2.50. The number of amides is 1. The van der Waals surface area contributed by atoms with Gasteiger partial charge < -0.3 is 33.8 Å². The van der Waals surface area contributed by atoms with E-state index in [2.05, 4.69) is 5.32 Å². The summed E-state index contributed by atoms with van der Waals surface area (Å²) in [5.74, 6) is 1.14. The molecule has 0 aliphatic carbocycles. The van der Waals surface area contributed by atoms with Gasteiger partial charge in [0.15, 0.2) is 0 Å². The number of hydrogen-bond acceptors (Lipinski definition) is 7. The topological polar surface area (TPSA) is 100 Å². The van der Waals surface area contributed by atoms with Crippen LogP contribution in [0.1, 0.15) is 50.3 Å². The minimum atomic E-state index is -3.15. The van der Waals surface area contributed by atoms with Crippen molar-refractivity contribution in [3.05, 3.63) is 47.5 Å². The molecule has 2 aliphatic heterocycles. The molecule has 0 spiro atoms. The molecule has 0 fully saturated rings. The predicted molar refractivity (Wildman–Crippen MR) is 160 cm³/mol. The van der Waals surface area contributed by atoms with Crippen molar-refractivity contribution >= 4 is 25.7 Å². The number of carbonyl (C=O) groups excluding carboxylic acids is 1. The molecule has 2 unspecified atom stereocenters. The van der Waals surface area contributed by atoms with Gasteiger partial charge in [0.05, 0.1) is 24.4 Å². The molecule has 5 atom stereocenters. The monoisotopic (exact) mass is 588 g/mol. The van der Waals surface area contributed by atoms with Crippen LogP contribution < -0.4 is 19.7 Å². The minimum Gasteiger partial charge on any atom is -0.494 e. The number of carbonyl (C=O) groups is 1. The zero-order valence-corrected chi connectivity index (χ0v) is 25.9. The molecule has 10 heteroatoms. The molecule has 3 N–H and O–H groups in total. The first-order valence-corrected chi connectivity index (χ1v) is 17.7. The van der Waals surface area contributed by atoms with E-state index in [1.165, 1.54) is 0 Å². The molecular formula is C31H45FN2O6Si. The van der Waals surface area contributed by atoms with Gasteiger partial charge in [0.2, 0.25) is 14.3 Å². The smallest absolute Gasteiger partial charge is 0.249 e. The molecule has 0 saturated heterocycles. The first-order chi connectivity index (χ1) is 19.6. The van der Waals surface area contributed by atoms with E-state index in [4.69, 9.17) is 19.3 Å². The molecule has 8 nitrogen and oxygen atoms in total. The zero-order chi connectivity index (χ0) is 29.7. The summed E-state index contributed by atoms with van der Waals surface area (Å²) in [6, 6.07) is 11.0. The number of benzene rings is 2. The van der Waals surface area contributed by atoms with Crippen molar-refractivity contribution < 1.29 is 33.3 Å². The maximum atomic E-state index is 15.4. The van der Waals surface area contributed by atoms with Crippen molar-refractivity contribution in [2.24, 2.45) is 5.92 Å². The van der Waals surface area contributed by atoms with Gasteiger partial charge in [0.1, 0.15) is 17.6 Å². The van der Waals surface area contributed by atoms with E-state index in [0.29, 0.717) is 43.9 Å². The Morgan fingerprint density at radius 2 is 1.95 bits per heavy atom. The normalized spacial score (nSPS) is 23.0. The molecule has 2 heterocycles. The number of nitrogens with zero attached hydrogens (tertiary/aromatic N) is 1. The molecule has 0 radical (unpaired) electrons. The summed E-state index contributed by atoms with van der Waals surface area (Å²) in [4.78, 5) is 15.7. The number of ether oxygens (including phenoxy) is 3.